The van der Waals surface area contributed by atoms with Crippen molar-refractivity contribution in [1.29, 1.82) is 0 Å². The highest BCUT2D eigenvalue weighted by Crippen LogP contribution is 2.65. The lowest BCUT2D eigenvalue weighted by Crippen LogP contribution is -2.77. The Morgan fingerprint density at radius 2 is 1.86 bits per heavy atom. The van der Waals surface area contributed by atoms with Crippen LogP contribution < -0.4 is 5.32 Å². The second-order valence-corrected chi connectivity index (χ2v) is 9.68. The van der Waals surface area contributed by atoms with E-state index in [2.05, 4.69) is 10.3 Å². The third kappa shape index (κ3) is 2.19. The molecule has 5 aliphatic rings. The molecule has 5 fully saturated rings. The van der Waals surface area contributed by atoms with Gasteiger partial charge in [0.15, 0.2) is 11.6 Å². The maximum Gasteiger partial charge on any atom is 0.223 e. The van der Waals surface area contributed by atoms with E-state index in [1.807, 2.05) is 11.5 Å². The first-order chi connectivity index (χ1) is 13.3. The molecule has 7 rings (SSSR count). The molecule has 1 amide bonds. The fourth-order valence-electron chi connectivity index (χ4n) is 6.49. The van der Waals surface area contributed by atoms with Crippen molar-refractivity contribution in [1.82, 2.24) is 14.9 Å². The van der Waals surface area contributed by atoms with Crippen molar-refractivity contribution in [3.63, 3.8) is 0 Å². The van der Waals surface area contributed by atoms with Gasteiger partial charge in [0.1, 0.15) is 5.67 Å². The molecule has 5 saturated carbocycles. The Kier molecular flexibility index (Phi) is 3.07. The van der Waals surface area contributed by atoms with Crippen molar-refractivity contribution >= 4 is 16.9 Å². The number of benzene rings is 1. The van der Waals surface area contributed by atoms with E-state index in [9.17, 15) is 18.0 Å². The van der Waals surface area contributed by atoms with E-state index < -0.39 is 17.3 Å². The number of imidazole rings is 1. The zero-order valence-electron chi connectivity index (χ0n) is 15.6. The van der Waals surface area contributed by atoms with Crippen LogP contribution in [0.5, 0.6) is 0 Å². The molecule has 0 saturated heterocycles. The van der Waals surface area contributed by atoms with Crippen molar-refractivity contribution < 1.29 is 18.0 Å². The van der Waals surface area contributed by atoms with Crippen LogP contribution >= 0.6 is 0 Å². The largest absolute Gasteiger partial charge is 0.350 e. The molecule has 28 heavy (non-hydrogen) atoms. The Labute approximate surface area is 160 Å². The van der Waals surface area contributed by atoms with E-state index >= 15 is 0 Å². The minimum Gasteiger partial charge on any atom is -0.350 e. The Balaban J connectivity index is 1.12. The number of carbonyl (C=O) groups excluding carboxylic acids is 1. The van der Waals surface area contributed by atoms with Crippen molar-refractivity contribution in [3.8, 4) is 0 Å². The molecule has 1 heterocycles. The van der Waals surface area contributed by atoms with Crippen LogP contribution in [0.15, 0.2) is 18.5 Å². The molecular formula is C21H22F3N3O. The zero-order chi connectivity index (χ0) is 19.4. The number of aromatic nitrogens is 2. The number of alkyl halides is 1. The van der Waals surface area contributed by atoms with Crippen molar-refractivity contribution in [2.75, 3.05) is 0 Å². The number of amides is 1. The molecular weight excluding hydrogens is 367 g/mol. The third-order valence-electron chi connectivity index (χ3n) is 7.84. The maximum atomic E-state index is 13.7. The number of hydrogen-bond acceptors (Lipinski definition) is 2. The number of nitrogens with one attached hydrogen (secondary N) is 1. The third-order valence-corrected chi connectivity index (χ3v) is 7.84. The highest BCUT2D eigenvalue weighted by molar-refractivity contribution is 5.81. The molecule has 1 unspecified atom stereocenters. The van der Waals surface area contributed by atoms with Crippen LogP contribution in [0.4, 0.5) is 13.2 Å². The van der Waals surface area contributed by atoms with Crippen LogP contribution in [-0.4, -0.2) is 26.7 Å². The molecule has 1 aromatic heterocycles. The fourth-order valence-corrected chi connectivity index (χ4v) is 6.49. The first kappa shape index (κ1) is 16.9. The lowest BCUT2D eigenvalue weighted by molar-refractivity contribution is -0.176. The summed E-state index contributed by atoms with van der Waals surface area (Å²) < 4.78 is 42.7. The van der Waals surface area contributed by atoms with Crippen LogP contribution in [0.3, 0.4) is 0 Å². The summed E-state index contributed by atoms with van der Waals surface area (Å²) in [5.74, 6) is -0.413. The van der Waals surface area contributed by atoms with Gasteiger partial charge in [0.25, 0.3) is 0 Å². The molecule has 0 radical (unpaired) electrons. The highest BCUT2D eigenvalue weighted by atomic mass is 19.2. The first-order valence-corrected chi connectivity index (χ1v) is 10.1. The SMILES string of the molecule is CC(C(=O)NC12CC(F)(C1)C2)[C@H]1[C@@H]2C[C@@H](n3cnc4cc(F)c(F)cc43)C[C@@H]21. The van der Waals surface area contributed by atoms with E-state index in [0.717, 1.165) is 18.9 Å². The first-order valence-electron chi connectivity index (χ1n) is 10.1. The smallest absolute Gasteiger partial charge is 0.223 e. The Morgan fingerprint density at radius 1 is 1.21 bits per heavy atom. The molecule has 5 aliphatic carbocycles. The predicted octanol–water partition coefficient (Wildman–Crippen LogP) is 3.91. The summed E-state index contributed by atoms with van der Waals surface area (Å²) in [6.45, 7) is 1.98. The predicted molar refractivity (Wildman–Crippen MR) is 96.1 cm³/mol. The van der Waals surface area contributed by atoms with Crippen molar-refractivity contribution in [2.45, 2.75) is 56.3 Å². The minimum absolute atomic E-state index is 0.0586. The molecule has 0 aliphatic heterocycles. The molecule has 2 aromatic rings. The van der Waals surface area contributed by atoms with Gasteiger partial charge >= 0.3 is 0 Å². The fraction of sp³-hybridized carbons (Fsp3) is 0.619. The minimum atomic E-state index is -1.00. The van der Waals surface area contributed by atoms with Crippen LogP contribution in [0.1, 0.15) is 45.1 Å². The van der Waals surface area contributed by atoms with Crippen LogP contribution in [-0.2, 0) is 4.79 Å². The van der Waals surface area contributed by atoms with E-state index in [4.69, 9.17) is 0 Å². The van der Waals surface area contributed by atoms with Gasteiger partial charge in [0.05, 0.1) is 17.4 Å². The van der Waals surface area contributed by atoms with Crippen LogP contribution in [0.25, 0.3) is 11.0 Å². The second-order valence-electron chi connectivity index (χ2n) is 9.68. The number of halogens is 3. The quantitative estimate of drug-likeness (QED) is 0.862. The van der Waals surface area contributed by atoms with Gasteiger partial charge in [-0.1, -0.05) is 6.92 Å². The lowest BCUT2D eigenvalue weighted by atomic mass is 9.47. The molecule has 4 nitrogen and oxygen atoms in total. The zero-order valence-corrected chi connectivity index (χ0v) is 15.6. The van der Waals surface area contributed by atoms with Crippen molar-refractivity contribution in [2.24, 2.45) is 23.7 Å². The van der Waals surface area contributed by atoms with Gasteiger partial charge in [-0.05, 0) is 30.6 Å². The maximum absolute atomic E-state index is 13.7. The number of rotatable bonds is 4. The van der Waals surface area contributed by atoms with Crippen LogP contribution in [0, 0.1) is 35.3 Å². The van der Waals surface area contributed by atoms with Gasteiger partial charge in [-0.15, -0.1) is 0 Å². The molecule has 2 bridgehead atoms. The summed E-state index contributed by atoms with van der Waals surface area (Å²) in [5.41, 5.74) is -0.179. The number of fused-ring (bicyclic) bond motifs is 2. The molecule has 1 N–H and O–H groups in total. The molecule has 5 atom stereocenters. The molecule has 7 heteroatoms. The standard InChI is InChI=1S/C21H22F3N3O/c1-10(19(28)26-21-6-20(24,7-21)8-21)18-12-2-11(3-13(12)18)27-9-25-16-4-14(22)15(23)5-17(16)27/h4-5,9-13,18H,2-3,6-8H2,1H3,(H,26,28)/t10?,11-,12-,13+,18+,20?,21?. The van der Waals surface area contributed by atoms with Crippen LogP contribution in [0.2, 0.25) is 0 Å². The summed E-state index contributed by atoms with van der Waals surface area (Å²) in [4.78, 5) is 16.8. The van der Waals surface area contributed by atoms with Gasteiger partial charge in [-0.2, -0.15) is 0 Å². The van der Waals surface area contributed by atoms with Gasteiger partial charge in [-0.3, -0.25) is 4.79 Å². The van der Waals surface area contributed by atoms with E-state index in [-0.39, 0.29) is 23.4 Å². The van der Waals surface area contributed by atoms with Gasteiger partial charge in [0, 0.05) is 48.9 Å². The van der Waals surface area contributed by atoms with E-state index in [1.54, 1.807) is 6.33 Å². The summed E-state index contributed by atoms with van der Waals surface area (Å²) in [7, 11) is 0. The second kappa shape index (κ2) is 5.10. The number of hydrogen-bond donors (Lipinski definition) is 1. The summed E-state index contributed by atoms with van der Waals surface area (Å²) in [6, 6.07) is 2.56. The summed E-state index contributed by atoms with van der Waals surface area (Å²) >= 11 is 0. The molecule has 1 aromatic carbocycles. The van der Waals surface area contributed by atoms with Gasteiger partial charge < -0.3 is 9.88 Å². The lowest BCUT2D eigenvalue weighted by Gasteiger charge is -2.65. The number of nitrogens with zero attached hydrogens (tertiary/aromatic N) is 2. The topological polar surface area (TPSA) is 46.9 Å². The Bertz CT molecular complexity index is 986. The van der Waals surface area contributed by atoms with E-state index in [0.29, 0.717) is 48.0 Å². The van der Waals surface area contributed by atoms with Gasteiger partial charge in [0.2, 0.25) is 5.91 Å². The normalized spacial score (nSPS) is 41.1. The van der Waals surface area contributed by atoms with E-state index in [1.165, 1.54) is 6.07 Å². The average Bonchev–Trinajstić information content (AvgIpc) is 2.92. The number of carbonyl (C=O) groups is 1. The molecule has 148 valence electrons. The average molecular weight is 389 g/mol. The van der Waals surface area contributed by atoms with Crippen molar-refractivity contribution in [3.05, 3.63) is 30.1 Å². The molecule has 0 spiro atoms. The van der Waals surface area contributed by atoms with Gasteiger partial charge in [-0.25, -0.2) is 18.2 Å². The Morgan fingerprint density at radius 3 is 2.50 bits per heavy atom. The highest BCUT2D eigenvalue weighted by Gasteiger charge is 2.70. The summed E-state index contributed by atoms with van der Waals surface area (Å²) in [5, 5.41) is 3.10. The Hall–Kier alpha value is -2.05. The summed E-state index contributed by atoms with van der Waals surface area (Å²) in [6.07, 6.45) is 4.95. The monoisotopic (exact) mass is 389 g/mol.